The number of fused-ring (bicyclic) bond motifs is 1. The summed E-state index contributed by atoms with van der Waals surface area (Å²) in [4.78, 5) is 17.4. The lowest BCUT2D eigenvalue weighted by atomic mass is 10.1. The molecule has 0 saturated carbocycles. The maximum absolute atomic E-state index is 6.00. The molecule has 0 aromatic carbocycles. The lowest BCUT2D eigenvalue weighted by Gasteiger charge is -2.11. The molecular weight excluding hydrogens is 324 g/mol. The van der Waals surface area contributed by atoms with Crippen LogP contribution in [0.5, 0.6) is 5.88 Å². The van der Waals surface area contributed by atoms with Gasteiger partial charge in [0.15, 0.2) is 0 Å². The van der Waals surface area contributed by atoms with Crippen molar-refractivity contribution in [3.63, 3.8) is 0 Å². The van der Waals surface area contributed by atoms with E-state index in [0.29, 0.717) is 17.6 Å². The summed E-state index contributed by atoms with van der Waals surface area (Å²) >= 11 is 6.00. The van der Waals surface area contributed by atoms with Gasteiger partial charge >= 0.3 is 0 Å². The number of aryl methyl sites for hydroxylation is 1. The van der Waals surface area contributed by atoms with Gasteiger partial charge in [-0.25, -0.2) is 9.97 Å². The second-order valence-electron chi connectivity index (χ2n) is 5.62. The van der Waals surface area contributed by atoms with E-state index < -0.39 is 0 Å². The maximum atomic E-state index is 6.00. The largest absolute Gasteiger partial charge is 0.471 e. The van der Waals surface area contributed by atoms with Crippen LogP contribution in [0.25, 0.3) is 11.3 Å². The van der Waals surface area contributed by atoms with Crippen molar-refractivity contribution in [3.05, 3.63) is 65.0 Å². The Morgan fingerprint density at radius 1 is 1.12 bits per heavy atom. The summed E-state index contributed by atoms with van der Waals surface area (Å²) in [5, 5.41) is 0.381. The third-order valence-corrected chi connectivity index (χ3v) is 4.18. The second kappa shape index (κ2) is 6.53. The van der Waals surface area contributed by atoms with Crippen molar-refractivity contribution in [1.82, 2.24) is 19.9 Å². The van der Waals surface area contributed by atoms with Gasteiger partial charge in [-0.15, -0.1) is 0 Å². The highest BCUT2D eigenvalue weighted by Gasteiger charge is 2.20. The van der Waals surface area contributed by atoms with E-state index in [4.69, 9.17) is 16.3 Å². The van der Waals surface area contributed by atoms with Crippen molar-refractivity contribution in [1.29, 1.82) is 0 Å². The molecule has 4 rings (SSSR count). The molecule has 0 unspecified atom stereocenters. The first kappa shape index (κ1) is 15.0. The molecule has 0 aliphatic heterocycles. The summed E-state index contributed by atoms with van der Waals surface area (Å²) in [5.41, 5.74) is 4.92. The molecule has 6 heteroatoms. The molecule has 1 aliphatic carbocycles. The average molecular weight is 339 g/mol. The van der Waals surface area contributed by atoms with E-state index in [2.05, 4.69) is 19.9 Å². The SMILES string of the molecule is Clc1cncc(-c2cc(OCc3ccccn3)nc3c2CCC3)n1. The zero-order valence-electron chi connectivity index (χ0n) is 12.9. The van der Waals surface area contributed by atoms with E-state index in [1.165, 1.54) is 11.8 Å². The third kappa shape index (κ3) is 3.08. The first-order valence-corrected chi connectivity index (χ1v) is 8.21. The normalized spacial score (nSPS) is 12.9. The molecule has 3 aromatic rings. The monoisotopic (exact) mass is 338 g/mol. The van der Waals surface area contributed by atoms with E-state index in [0.717, 1.165) is 41.9 Å². The summed E-state index contributed by atoms with van der Waals surface area (Å²) in [5.74, 6) is 0.582. The fourth-order valence-corrected chi connectivity index (χ4v) is 3.07. The number of hydrogen-bond donors (Lipinski definition) is 0. The van der Waals surface area contributed by atoms with Crippen LogP contribution in [0.2, 0.25) is 5.15 Å². The molecule has 3 heterocycles. The highest BCUT2D eigenvalue weighted by atomic mass is 35.5. The maximum Gasteiger partial charge on any atom is 0.214 e. The van der Waals surface area contributed by atoms with Gasteiger partial charge in [-0.2, -0.15) is 0 Å². The van der Waals surface area contributed by atoms with Crippen LogP contribution in [0.3, 0.4) is 0 Å². The first-order valence-electron chi connectivity index (χ1n) is 7.83. The quantitative estimate of drug-likeness (QED) is 0.726. The number of nitrogens with zero attached hydrogens (tertiary/aromatic N) is 4. The number of halogens is 1. The standard InChI is InChI=1S/C18H15ClN4O/c19-17-10-20-9-16(22-17)14-8-18(23-15-6-3-5-13(14)15)24-11-12-4-1-2-7-21-12/h1-2,4,7-10H,3,5-6,11H2. The fraction of sp³-hybridized carbons (Fsp3) is 0.222. The van der Waals surface area contributed by atoms with Crippen LogP contribution in [0.4, 0.5) is 0 Å². The van der Waals surface area contributed by atoms with Gasteiger partial charge in [-0.1, -0.05) is 17.7 Å². The average Bonchev–Trinajstić information content (AvgIpc) is 3.08. The zero-order chi connectivity index (χ0) is 16.4. The molecule has 0 spiro atoms. The fourth-order valence-electron chi connectivity index (χ4n) is 2.92. The molecule has 1 aliphatic rings. The lowest BCUT2D eigenvalue weighted by molar-refractivity contribution is 0.288. The Morgan fingerprint density at radius 3 is 2.92 bits per heavy atom. The van der Waals surface area contributed by atoms with Crippen LogP contribution in [0.15, 0.2) is 42.9 Å². The minimum Gasteiger partial charge on any atom is -0.471 e. The molecule has 0 atom stereocenters. The van der Waals surface area contributed by atoms with Crippen LogP contribution < -0.4 is 4.74 Å². The number of pyridine rings is 2. The van der Waals surface area contributed by atoms with Crippen LogP contribution in [-0.4, -0.2) is 19.9 Å². The molecule has 3 aromatic heterocycles. The third-order valence-electron chi connectivity index (χ3n) is 4.00. The number of aromatic nitrogens is 4. The van der Waals surface area contributed by atoms with Crippen molar-refractivity contribution < 1.29 is 4.74 Å². The van der Waals surface area contributed by atoms with Gasteiger partial charge in [0.05, 0.1) is 23.8 Å². The van der Waals surface area contributed by atoms with Gasteiger partial charge in [0, 0.05) is 23.5 Å². The minimum absolute atomic E-state index is 0.381. The van der Waals surface area contributed by atoms with Crippen LogP contribution in [-0.2, 0) is 19.4 Å². The van der Waals surface area contributed by atoms with Crippen molar-refractivity contribution in [2.45, 2.75) is 25.9 Å². The summed E-state index contributed by atoms with van der Waals surface area (Å²) in [7, 11) is 0. The molecule has 120 valence electrons. The number of rotatable bonds is 4. The van der Waals surface area contributed by atoms with Gasteiger partial charge in [-0.05, 0) is 37.0 Å². The summed E-state index contributed by atoms with van der Waals surface area (Å²) < 4.78 is 5.85. The number of hydrogen-bond acceptors (Lipinski definition) is 5. The van der Waals surface area contributed by atoms with Crippen LogP contribution >= 0.6 is 11.6 Å². The summed E-state index contributed by atoms with van der Waals surface area (Å²) in [6, 6.07) is 7.67. The Labute approximate surface area is 144 Å². The minimum atomic E-state index is 0.381. The van der Waals surface area contributed by atoms with Gasteiger partial charge < -0.3 is 4.74 Å². The molecule has 24 heavy (non-hydrogen) atoms. The second-order valence-corrected chi connectivity index (χ2v) is 6.01. The Balaban J connectivity index is 1.68. The molecule has 0 radical (unpaired) electrons. The summed E-state index contributed by atoms with van der Waals surface area (Å²) in [6.07, 6.45) is 8.05. The zero-order valence-corrected chi connectivity index (χ0v) is 13.7. The van der Waals surface area contributed by atoms with Gasteiger partial charge in [0.2, 0.25) is 5.88 Å². The van der Waals surface area contributed by atoms with Gasteiger partial charge in [0.25, 0.3) is 0 Å². The molecule has 0 N–H and O–H groups in total. The molecule has 0 amide bonds. The Kier molecular flexibility index (Phi) is 4.09. The van der Waals surface area contributed by atoms with E-state index in [1.54, 1.807) is 12.4 Å². The Hall–Kier alpha value is -2.53. The van der Waals surface area contributed by atoms with Crippen molar-refractivity contribution in [3.8, 4) is 17.1 Å². The van der Waals surface area contributed by atoms with Crippen molar-refractivity contribution in [2.75, 3.05) is 0 Å². The predicted molar refractivity (Wildman–Crippen MR) is 90.9 cm³/mol. The highest BCUT2D eigenvalue weighted by molar-refractivity contribution is 6.29. The van der Waals surface area contributed by atoms with Crippen LogP contribution in [0.1, 0.15) is 23.4 Å². The van der Waals surface area contributed by atoms with E-state index in [-0.39, 0.29) is 0 Å². The van der Waals surface area contributed by atoms with Crippen molar-refractivity contribution >= 4 is 11.6 Å². The topological polar surface area (TPSA) is 60.8 Å². The molecule has 0 fully saturated rings. The summed E-state index contributed by atoms with van der Waals surface area (Å²) in [6.45, 7) is 0.382. The Morgan fingerprint density at radius 2 is 2.08 bits per heavy atom. The molecule has 5 nitrogen and oxygen atoms in total. The smallest absolute Gasteiger partial charge is 0.214 e. The van der Waals surface area contributed by atoms with Gasteiger partial charge in [-0.3, -0.25) is 9.97 Å². The lowest BCUT2D eigenvalue weighted by Crippen LogP contribution is -2.02. The predicted octanol–water partition coefficient (Wildman–Crippen LogP) is 3.65. The molecule has 0 bridgehead atoms. The van der Waals surface area contributed by atoms with E-state index >= 15 is 0 Å². The molecular formula is C18H15ClN4O. The van der Waals surface area contributed by atoms with E-state index in [9.17, 15) is 0 Å². The molecule has 0 saturated heterocycles. The first-order chi connectivity index (χ1) is 11.8. The van der Waals surface area contributed by atoms with Gasteiger partial charge in [0.1, 0.15) is 11.8 Å². The van der Waals surface area contributed by atoms with Crippen molar-refractivity contribution in [2.24, 2.45) is 0 Å². The van der Waals surface area contributed by atoms with Crippen LogP contribution in [0, 0.1) is 0 Å². The van der Waals surface area contributed by atoms with E-state index in [1.807, 2.05) is 24.3 Å². The highest BCUT2D eigenvalue weighted by Crippen LogP contribution is 2.33. The Bertz CT molecular complexity index is 870. The number of ether oxygens (including phenoxy) is 1.